The van der Waals surface area contributed by atoms with Gasteiger partial charge >= 0.3 is 7.82 Å². The van der Waals surface area contributed by atoms with Gasteiger partial charge < -0.3 is 9.26 Å². The molecule has 4 saturated carbocycles. The van der Waals surface area contributed by atoms with Gasteiger partial charge in [0, 0.05) is 22.6 Å². The molecule has 5 fully saturated rings. The molecule has 1 aromatic carbocycles. The molecule has 2 N–H and O–H groups in total. The smallest absolute Gasteiger partial charge is 0.404 e. The number of ether oxygens (including phenoxy) is 1. The molecule has 6 rings (SSSR count). The molecular weight excluding hydrogens is 430 g/mol. The normalized spacial score (nSPS) is 44.0. The highest BCUT2D eigenvalue weighted by atomic mass is 35.5. The fourth-order valence-electron chi connectivity index (χ4n) is 6.27. The molecule has 1 aliphatic heterocycles. The van der Waals surface area contributed by atoms with Crippen molar-refractivity contribution in [2.75, 3.05) is 7.11 Å². The Bertz CT molecular complexity index is 853. The van der Waals surface area contributed by atoms with Gasteiger partial charge in [0.2, 0.25) is 0 Å². The molecule has 1 heterocycles. The SMILES string of the molecule is COC1(c2cc(OP(=O)(O)O)ccc2Cl)OOC12[C@@H]1CC3C[C@H]2CC(Cl)(C3)C1. The molecule has 7 nitrogen and oxygen atoms in total. The second-order valence-corrected chi connectivity index (χ2v) is 10.9. The van der Waals surface area contributed by atoms with E-state index in [0.717, 1.165) is 32.1 Å². The minimum absolute atomic E-state index is 0.0209. The molecule has 1 saturated heterocycles. The summed E-state index contributed by atoms with van der Waals surface area (Å²) in [6, 6.07) is 4.36. The van der Waals surface area contributed by atoms with E-state index in [9.17, 15) is 4.57 Å². The first-order valence-corrected chi connectivity index (χ1v) is 11.6. The van der Waals surface area contributed by atoms with Crippen molar-refractivity contribution >= 4 is 31.0 Å². The Morgan fingerprint density at radius 1 is 1.18 bits per heavy atom. The summed E-state index contributed by atoms with van der Waals surface area (Å²) in [4.78, 5) is 29.6. The van der Waals surface area contributed by atoms with E-state index in [2.05, 4.69) is 0 Å². The summed E-state index contributed by atoms with van der Waals surface area (Å²) in [5, 5.41) is 0.344. The highest BCUT2D eigenvalue weighted by molar-refractivity contribution is 7.46. The van der Waals surface area contributed by atoms with Gasteiger partial charge in [0.05, 0.1) is 0 Å². The summed E-state index contributed by atoms with van der Waals surface area (Å²) >= 11 is 13.4. The lowest BCUT2D eigenvalue weighted by molar-refractivity contribution is -0.645. The number of hydrogen-bond donors (Lipinski definition) is 2. The first-order valence-electron chi connectivity index (χ1n) is 9.27. The summed E-state index contributed by atoms with van der Waals surface area (Å²) in [6.07, 6.45) is 4.62. The number of rotatable bonds is 4. The van der Waals surface area contributed by atoms with Gasteiger partial charge in [-0.3, -0.25) is 9.79 Å². The molecule has 1 aromatic rings. The van der Waals surface area contributed by atoms with Crippen molar-refractivity contribution < 1.29 is 33.4 Å². The Balaban J connectivity index is 1.59. The average Bonchev–Trinajstić information content (AvgIpc) is 2.54. The molecule has 4 unspecified atom stereocenters. The van der Waals surface area contributed by atoms with Gasteiger partial charge in [0.25, 0.3) is 5.79 Å². The van der Waals surface area contributed by atoms with E-state index in [4.69, 9.17) is 52.0 Å². The van der Waals surface area contributed by atoms with Crippen LogP contribution < -0.4 is 4.52 Å². The molecule has 5 aliphatic rings. The topological polar surface area (TPSA) is 94.5 Å². The molecule has 1 spiro atoms. The number of halogens is 2. The predicted octanol–water partition coefficient (Wildman–Crippen LogP) is 4.13. The van der Waals surface area contributed by atoms with Crippen molar-refractivity contribution in [1.29, 1.82) is 0 Å². The Morgan fingerprint density at radius 2 is 1.86 bits per heavy atom. The van der Waals surface area contributed by atoms with Gasteiger partial charge in [-0.1, -0.05) is 11.6 Å². The van der Waals surface area contributed by atoms with Gasteiger partial charge in [-0.05, 0) is 68.1 Å². The highest BCUT2D eigenvalue weighted by Gasteiger charge is 2.78. The van der Waals surface area contributed by atoms with Gasteiger partial charge in [-0.15, -0.1) is 11.6 Å². The Kier molecular flexibility index (Phi) is 4.25. The lowest BCUT2D eigenvalue weighted by atomic mass is 9.46. The highest BCUT2D eigenvalue weighted by Crippen LogP contribution is 2.71. The zero-order valence-corrected chi connectivity index (χ0v) is 17.5. The van der Waals surface area contributed by atoms with Crippen molar-refractivity contribution in [3.8, 4) is 5.75 Å². The van der Waals surface area contributed by atoms with Gasteiger partial charge in [-0.25, -0.2) is 9.45 Å². The molecular formula is C18H21Cl2O7P. The van der Waals surface area contributed by atoms with Gasteiger partial charge in [-0.2, -0.15) is 4.89 Å². The van der Waals surface area contributed by atoms with Crippen LogP contribution in [0, 0.1) is 17.8 Å². The third-order valence-electron chi connectivity index (χ3n) is 6.94. The van der Waals surface area contributed by atoms with Crippen LogP contribution in [0.15, 0.2) is 18.2 Å². The number of hydrogen-bond acceptors (Lipinski definition) is 5. The lowest BCUT2D eigenvalue weighted by Crippen LogP contribution is -2.78. The average molecular weight is 451 g/mol. The summed E-state index contributed by atoms with van der Waals surface area (Å²) in [5.41, 5.74) is -0.300. The lowest BCUT2D eigenvalue weighted by Gasteiger charge is -2.70. The zero-order valence-electron chi connectivity index (χ0n) is 15.1. The summed E-state index contributed by atoms with van der Waals surface area (Å²) < 4.78 is 21.9. The third kappa shape index (κ3) is 2.58. The summed E-state index contributed by atoms with van der Waals surface area (Å²) in [5.74, 6) is -0.444. The number of phosphoric ester groups is 1. The van der Waals surface area contributed by atoms with E-state index in [1.54, 1.807) is 0 Å². The number of methoxy groups -OCH3 is 1. The zero-order chi connectivity index (χ0) is 19.9. The second kappa shape index (κ2) is 6.08. The molecule has 10 heteroatoms. The van der Waals surface area contributed by atoms with Crippen molar-refractivity contribution in [3.63, 3.8) is 0 Å². The maximum absolute atomic E-state index is 11.3. The quantitative estimate of drug-likeness (QED) is 0.404. The van der Waals surface area contributed by atoms with E-state index in [1.807, 2.05) is 0 Å². The number of alkyl halides is 1. The Labute approximate surface area is 172 Å². The monoisotopic (exact) mass is 450 g/mol. The van der Waals surface area contributed by atoms with Crippen molar-refractivity contribution in [3.05, 3.63) is 28.8 Å². The second-order valence-electron chi connectivity index (χ2n) is 8.50. The molecule has 154 valence electrons. The van der Waals surface area contributed by atoms with Crippen molar-refractivity contribution in [2.45, 2.75) is 48.4 Å². The molecule has 4 aliphatic carbocycles. The van der Waals surface area contributed by atoms with Gasteiger partial charge in [0.1, 0.15) is 5.75 Å². The largest absolute Gasteiger partial charge is 0.524 e. The van der Waals surface area contributed by atoms with Crippen LogP contribution in [0.25, 0.3) is 0 Å². The van der Waals surface area contributed by atoms with E-state index in [1.165, 1.54) is 25.3 Å². The van der Waals surface area contributed by atoms with Crippen LogP contribution in [-0.4, -0.2) is 27.4 Å². The third-order valence-corrected chi connectivity index (χ3v) is 8.18. The Hall–Kier alpha value is -0.370. The van der Waals surface area contributed by atoms with E-state index < -0.39 is 19.2 Å². The number of benzene rings is 1. The van der Waals surface area contributed by atoms with Crippen LogP contribution in [0.4, 0.5) is 0 Å². The fraction of sp³-hybridized carbons (Fsp3) is 0.667. The van der Waals surface area contributed by atoms with E-state index in [0.29, 0.717) is 16.5 Å². The Morgan fingerprint density at radius 3 is 2.36 bits per heavy atom. The van der Waals surface area contributed by atoms with Crippen LogP contribution in [0.5, 0.6) is 5.75 Å². The molecule has 6 atom stereocenters. The first-order chi connectivity index (χ1) is 13.1. The van der Waals surface area contributed by atoms with Crippen LogP contribution in [0.3, 0.4) is 0 Å². The maximum atomic E-state index is 11.3. The minimum atomic E-state index is -4.72. The molecule has 28 heavy (non-hydrogen) atoms. The summed E-state index contributed by atoms with van der Waals surface area (Å²) in [6.45, 7) is 0. The van der Waals surface area contributed by atoms with Crippen LogP contribution in [-0.2, 0) is 24.9 Å². The van der Waals surface area contributed by atoms with E-state index in [-0.39, 0.29) is 22.5 Å². The first kappa shape index (κ1) is 19.6. The fourth-order valence-corrected chi connectivity index (χ4v) is 7.49. The van der Waals surface area contributed by atoms with Crippen LogP contribution >= 0.6 is 31.0 Å². The molecule has 4 bridgehead atoms. The van der Waals surface area contributed by atoms with Crippen LogP contribution in [0.1, 0.15) is 37.7 Å². The van der Waals surface area contributed by atoms with Crippen molar-refractivity contribution in [2.24, 2.45) is 17.8 Å². The minimum Gasteiger partial charge on any atom is -0.404 e. The predicted molar refractivity (Wildman–Crippen MR) is 99.9 cm³/mol. The van der Waals surface area contributed by atoms with Gasteiger partial charge in [0.15, 0.2) is 5.60 Å². The summed E-state index contributed by atoms with van der Waals surface area (Å²) in [7, 11) is -3.19. The van der Waals surface area contributed by atoms with Crippen LogP contribution in [0.2, 0.25) is 5.02 Å². The van der Waals surface area contributed by atoms with E-state index >= 15 is 0 Å². The molecule has 0 amide bonds. The maximum Gasteiger partial charge on any atom is 0.524 e. The standard InChI is InChI=1S/C18H21Cl2O7P/c1-24-18(14-6-13(2-3-15(14)19)25-28(21,22)23)17(26-27-18)11-4-10-5-12(17)9-16(20,7-10)8-11/h2-3,6,10-12H,4-5,7-9H2,1H3,(H2,21,22,23)/t10?,11-,12+,16?,17?,18?. The van der Waals surface area contributed by atoms with Crippen molar-refractivity contribution in [1.82, 2.24) is 0 Å². The molecule has 0 aromatic heterocycles. The number of phosphoric acid groups is 1. The molecule has 0 radical (unpaired) electrons.